The number of anilines is 1. The summed E-state index contributed by atoms with van der Waals surface area (Å²) in [5, 5.41) is 14.8. The number of rotatable bonds is 8. The quantitative estimate of drug-likeness (QED) is 0.604. The van der Waals surface area contributed by atoms with Gasteiger partial charge in [0.1, 0.15) is 11.4 Å². The van der Waals surface area contributed by atoms with Crippen LogP contribution in [0.3, 0.4) is 0 Å². The summed E-state index contributed by atoms with van der Waals surface area (Å²) in [5.41, 5.74) is 1.15. The Morgan fingerprint density at radius 3 is 2.93 bits per heavy atom. The molecule has 0 aliphatic carbocycles. The van der Waals surface area contributed by atoms with Gasteiger partial charge in [-0.25, -0.2) is 0 Å². The predicted molar refractivity (Wildman–Crippen MR) is 101 cm³/mol. The monoisotopic (exact) mass is 369 g/mol. The molecule has 1 aromatic carbocycles. The van der Waals surface area contributed by atoms with E-state index in [9.17, 15) is 4.79 Å². The molecule has 3 rings (SSSR count). The van der Waals surface area contributed by atoms with Gasteiger partial charge in [-0.1, -0.05) is 24.5 Å². The standard InChI is InChI=1S/C19H23N5O3/c1-4-5-11-26-15-8-6-7-14(12-15)17(25)21-19-23-22-18(27-19)16-9-10-20-24(16)13(2)3/h6-10,12-13H,4-5,11H2,1-3H3,(H,21,23,25). The van der Waals surface area contributed by atoms with Crippen molar-refractivity contribution in [2.75, 3.05) is 11.9 Å². The van der Waals surface area contributed by atoms with Gasteiger partial charge in [0.2, 0.25) is 0 Å². The summed E-state index contributed by atoms with van der Waals surface area (Å²) in [6.45, 7) is 6.73. The molecule has 8 heteroatoms. The number of amides is 1. The zero-order valence-electron chi connectivity index (χ0n) is 15.7. The Balaban J connectivity index is 1.69. The van der Waals surface area contributed by atoms with Crippen molar-refractivity contribution in [3.8, 4) is 17.3 Å². The number of nitrogens with one attached hydrogen (secondary N) is 1. The fraction of sp³-hybridized carbons (Fsp3) is 0.368. The van der Waals surface area contributed by atoms with Crippen LogP contribution in [-0.2, 0) is 0 Å². The van der Waals surface area contributed by atoms with E-state index in [2.05, 4.69) is 27.5 Å². The van der Waals surface area contributed by atoms with Gasteiger partial charge in [0.15, 0.2) is 0 Å². The number of unbranched alkanes of at least 4 members (excludes halogenated alkanes) is 1. The molecular weight excluding hydrogens is 346 g/mol. The lowest BCUT2D eigenvalue weighted by molar-refractivity contribution is 0.102. The Morgan fingerprint density at radius 1 is 1.30 bits per heavy atom. The van der Waals surface area contributed by atoms with E-state index in [0.29, 0.717) is 29.5 Å². The van der Waals surface area contributed by atoms with E-state index in [1.54, 1.807) is 35.1 Å². The number of hydrogen-bond acceptors (Lipinski definition) is 6. The van der Waals surface area contributed by atoms with Gasteiger partial charge >= 0.3 is 6.01 Å². The topological polar surface area (TPSA) is 95.1 Å². The molecule has 3 aromatic rings. The van der Waals surface area contributed by atoms with Crippen molar-refractivity contribution in [1.82, 2.24) is 20.0 Å². The second kappa shape index (κ2) is 8.48. The van der Waals surface area contributed by atoms with Gasteiger partial charge in [-0.3, -0.25) is 14.8 Å². The van der Waals surface area contributed by atoms with Crippen molar-refractivity contribution in [2.45, 2.75) is 39.7 Å². The van der Waals surface area contributed by atoms with Crippen LogP contribution in [0.1, 0.15) is 50.0 Å². The first kappa shape index (κ1) is 18.6. The molecule has 0 saturated heterocycles. The molecule has 0 unspecified atom stereocenters. The molecule has 1 amide bonds. The molecule has 0 fully saturated rings. The minimum atomic E-state index is -0.344. The van der Waals surface area contributed by atoms with Gasteiger partial charge < -0.3 is 9.15 Å². The van der Waals surface area contributed by atoms with Gasteiger partial charge in [-0.15, -0.1) is 5.10 Å². The van der Waals surface area contributed by atoms with Crippen LogP contribution in [0.2, 0.25) is 0 Å². The average molecular weight is 369 g/mol. The lowest BCUT2D eigenvalue weighted by atomic mass is 10.2. The Kier molecular flexibility index (Phi) is 5.85. The molecule has 0 radical (unpaired) electrons. The molecule has 0 aliphatic rings. The van der Waals surface area contributed by atoms with Crippen LogP contribution in [0, 0.1) is 0 Å². The van der Waals surface area contributed by atoms with Crippen molar-refractivity contribution < 1.29 is 13.9 Å². The van der Waals surface area contributed by atoms with E-state index >= 15 is 0 Å². The fourth-order valence-electron chi connectivity index (χ4n) is 2.50. The van der Waals surface area contributed by atoms with E-state index in [1.165, 1.54) is 0 Å². The average Bonchev–Trinajstić information content (AvgIpc) is 3.31. The van der Waals surface area contributed by atoms with Gasteiger partial charge in [0, 0.05) is 17.8 Å². The molecule has 0 atom stereocenters. The number of nitrogens with zero attached hydrogens (tertiary/aromatic N) is 4. The lowest BCUT2D eigenvalue weighted by Gasteiger charge is -2.07. The molecule has 2 aromatic heterocycles. The largest absolute Gasteiger partial charge is 0.494 e. The van der Waals surface area contributed by atoms with Crippen LogP contribution in [0.15, 0.2) is 40.9 Å². The van der Waals surface area contributed by atoms with Crippen molar-refractivity contribution in [3.63, 3.8) is 0 Å². The fourth-order valence-corrected chi connectivity index (χ4v) is 2.50. The van der Waals surface area contributed by atoms with E-state index in [1.807, 2.05) is 19.9 Å². The highest BCUT2D eigenvalue weighted by Gasteiger charge is 2.17. The van der Waals surface area contributed by atoms with Gasteiger partial charge in [-0.05, 0) is 44.5 Å². The Hall–Kier alpha value is -3.16. The Bertz CT molecular complexity index is 900. The first-order valence-electron chi connectivity index (χ1n) is 9.00. The third-order valence-electron chi connectivity index (χ3n) is 3.89. The summed E-state index contributed by atoms with van der Waals surface area (Å²) in [4.78, 5) is 12.5. The smallest absolute Gasteiger partial charge is 0.322 e. The van der Waals surface area contributed by atoms with Gasteiger partial charge in [0.05, 0.1) is 6.61 Å². The number of benzene rings is 1. The van der Waals surface area contributed by atoms with Crippen LogP contribution in [0.4, 0.5) is 6.01 Å². The molecule has 0 saturated carbocycles. The van der Waals surface area contributed by atoms with Crippen LogP contribution in [0.25, 0.3) is 11.6 Å². The first-order chi connectivity index (χ1) is 13.1. The molecule has 27 heavy (non-hydrogen) atoms. The highest BCUT2D eigenvalue weighted by molar-refractivity contribution is 6.03. The molecule has 0 spiro atoms. The summed E-state index contributed by atoms with van der Waals surface area (Å²) < 4.78 is 13.0. The Labute approximate surface area is 157 Å². The van der Waals surface area contributed by atoms with Crippen molar-refractivity contribution >= 4 is 11.9 Å². The van der Waals surface area contributed by atoms with Crippen molar-refractivity contribution in [2.24, 2.45) is 0 Å². The van der Waals surface area contributed by atoms with Crippen molar-refractivity contribution in [3.05, 3.63) is 42.1 Å². The zero-order chi connectivity index (χ0) is 19.2. The zero-order valence-corrected chi connectivity index (χ0v) is 15.7. The minimum Gasteiger partial charge on any atom is -0.494 e. The molecule has 1 N–H and O–H groups in total. The second-order valence-corrected chi connectivity index (χ2v) is 6.35. The highest BCUT2D eigenvalue weighted by Crippen LogP contribution is 2.22. The number of aromatic nitrogens is 4. The molecule has 0 aliphatic heterocycles. The first-order valence-corrected chi connectivity index (χ1v) is 9.00. The summed E-state index contributed by atoms with van der Waals surface area (Å²) in [5.74, 6) is 0.611. The number of ether oxygens (including phenoxy) is 1. The highest BCUT2D eigenvalue weighted by atomic mass is 16.5. The van der Waals surface area contributed by atoms with Crippen LogP contribution in [0.5, 0.6) is 5.75 Å². The maximum Gasteiger partial charge on any atom is 0.322 e. The van der Waals surface area contributed by atoms with Crippen LogP contribution < -0.4 is 10.1 Å². The van der Waals surface area contributed by atoms with E-state index in [0.717, 1.165) is 12.8 Å². The molecule has 2 heterocycles. The summed E-state index contributed by atoms with van der Waals surface area (Å²) in [6, 6.07) is 8.96. The lowest BCUT2D eigenvalue weighted by Crippen LogP contribution is -2.12. The summed E-state index contributed by atoms with van der Waals surface area (Å²) in [6.07, 6.45) is 3.69. The van der Waals surface area contributed by atoms with Gasteiger partial charge in [0.25, 0.3) is 11.8 Å². The third kappa shape index (κ3) is 4.52. The SMILES string of the molecule is CCCCOc1cccc(C(=O)Nc2nnc(-c3ccnn3C(C)C)o2)c1. The van der Waals surface area contributed by atoms with Crippen LogP contribution >= 0.6 is 0 Å². The van der Waals surface area contributed by atoms with Gasteiger partial charge in [-0.2, -0.15) is 5.10 Å². The maximum atomic E-state index is 12.5. The Morgan fingerprint density at radius 2 is 2.15 bits per heavy atom. The number of carbonyl (C=O) groups is 1. The molecule has 0 bridgehead atoms. The molecule has 8 nitrogen and oxygen atoms in total. The number of carbonyl (C=O) groups excluding carboxylic acids is 1. The minimum absolute atomic E-state index is 0.0313. The second-order valence-electron chi connectivity index (χ2n) is 6.35. The molecular formula is C19H23N5O3. The number of hydrogen-bond donors (Lipinski definition) is 1. The predicted octanol–water partition coefficient (Wildman–Crippen LogP) is 3.95. The maximum absolute atomic E-state index is 12.5. The normalized spacial score (nSPS) is 11.0. The van der Waals surface area contributed by atoms with E-state index < -0.39 is 0 Å². The molecule has 142 valence electrons. The van der Waals surface area contributed by atoms with Crippen molar-refractivity contribution in [1.29, 1.82) is 0 Å². The summed E-state index contributed by atoms with van der Waals surface area (Å²) in [7, 11) is 0. The van der Waals surface area contributed by atoms with E-state index in [-0.39, 0.29) is 18.0 Å². The third-order valence-corrected chi connectivity index (χ3v) is 3.89. The van der Waals surface area contributed by atoms with Crippen LogP contribution in [-0.4, -0.2) is 32.5 Å². The summed E-state index contributed by atoms with van der Waals surface area (Å²) >= 11 is 0. The van der Waals surface area contributed by atoms with E-state index in [4.69, 9.17) is 9.15 Å².